The third kappa shape index (κ3) is 2.17. The molecule has 1 saturated heterocycles. The summed E-state index contributed by atoms with van der Waals surface area (Å²) in [6, 6.07) is 0. The maximum atomic E-state index is 11.2. The molecule has 0 amide bonds. The maximum absolute atomic E-state index is 11.2. The van der Waals surface area contributed by atoms with E-state index in [0.717, 1.165) is 0 Å². The zero-order valence-corrected chi connectivity index (χ0v) is 10.9. The summed E-state index contributed by atoms with van der Waals surface area (Å²) in [5.41, 5.74) is 0.672. The summed E-state index contributed by atoms with van der Waals surface area (Å²) in [5.74, 6) is 0.590. The van der Waals surface area contributed by atoms with E-state index in [1.54, 1.807) is 11.7 Å². The molecule has 1 aliphatic heterocycles. The number of nitro groups is 1. The molecule has 1 atom stereocenters. The lowest BCUT2D eigenvalue weighted by Gasteiger charge is -2.31. The first-order valence-corrected chi connectivity index (χ1v) is 6.11. The largest absolute Gasteiger partial charge is 0.375 e. The Hall–Kier alpha value is -1.63. The molecule has 0 aliphatic carbocycles. The molecule has 18 heavy (non-hydrogen) atoms. The van der Waals surface area contributed by atoms with Crippen LogP contribution in [0.15, 0.2) is 0 Å². The molecule has 1 unspecified atom stereocenters. The van der Waals surface area contributed by atoms with Gasteiger partial charge in [-0.25, -0.2) is 4.68 Å². The van der Waals surface area contributed by atoms with Crippen LogP contribution in [0.3, 0.4) is 0 Å². The molecule has 0 radical (unpaired) electrons. The lowest BCUT2D eigenvalue weighted by Crippen LogP contribution is -2.42. The van der Waals surface area contributed by atoms with E-state index < -0.39 is 0 Å². The zero-order valence-electron chi connectivity index (χ0n) is 10.9. The third-order valence-corrected chi connectivity index (χ3v) is 3.12. The van der Waals surface area contributed by atoms with E-state index >= 15 is 0 Å². The minimum atomic E-state index is -0.332. The molecule has 1 aliphatic rings. The second-order valence-electron chi connectivity index (χ2n) is 4.48. The van der Waals surface area contributed by atoms with Crippen LogP contribution in [0.2, 0.25) is 0 Å². The Balaban J connectivity index is 2.42. The van der Waals surface area contributed by atoms with Crippen LogP contribution < -0.4 is 4.90 Å². The van der Waals surface area contributed by atoms with Crippen LogP contribution in [0.5, 0.6) is 0 Å². The third-order valence-electron chi connectivity index (χ3n) is 3.12. The van der Waals surface area contributed by atoms with Crippen LogP contribution in [0, 0.1) is 10.1 Å². The second kappa shape index (κ2) is 4.93. The fourth-order valence-electron chi connectivity index (χ4n) is 2.35. The van der Waals surface area contributed by atoms with Crippen molar-refractivity contribution in [1.82, 2.24) is 9.78 Å². The van der Waals surface area contributed by atoms with Crippen LogP contribution in [0.25, 0.3) is 0 Å². The molecule has 0 spiro atoms. The summed E-state index contributed by atoms with van der Waals surface area (Å²) >= 11 is 0. The number of hydrogen-bond donors (Lipinski definition) is 0. The molecular weight excluding hydrogens is 236 g/mol. The van der Waals surface area contributed by atoms with Crippen LogP contribution in [-0.4, -0.2) is 40.5 Å². The molecule has 2 heterocycles. The van der Waals surface area contributed by atoms with Crippen LogP contribution >= 0.6 is 0 Å². The highest BCUT2D eigenvalue weighted by Crippen LogP contribution is 2.32. The van der Waals surface area contributed by atoms with Gasteiger partial charge in [0.2, 0.25) is 5.82 Å². The summed E-state index contributed by atoms with van der Waals surface area (Å²) in [7, 11) is 1.75. The van der Waals surface area contributed by atoms with Crippen molar-refractivity contribution in [1.29, 1.82) is 0 Å². The number of aryl methyl sites for hydroxylation is 2. The number of anilines is 1. The summed E-state index contributed by atoms with van der Waals surface area (Å²) in [4.78, 5) is 12.9. The first kappa shape index (κ1) is 12.8. The van der Waals surface area contributed by atoms with Crippen molar-refractivity contribution in [3.05, 3.63) is 15.8 Å². The average molecular weight is 254 g/mol. The number of nitrogens with zero attached hydrogens (tertiary/aromatic N) is 4. The van der Waals surface area contributed by atoms with Crippen molar-refractivity contribution >= 4 is 11.5 Å². The smallest absolute Gasteiger partial charge is 0.334 e. The first-order valence-electron chi connectivity index (χ1n) is 6.11. The molecule has 1 aromatic heterocycles. The van der Waals surface area contributed by atoms with E-state index in [-0.39, 0.29) is 16.7 Å². The Morgan fingerprint density at radius 2 is 2.33 bits per heavy atom. The molecule has 7 nitrogen and oxygen atoms in total. The van der Waals surface area contributed by atoms with Crippen molar-refractivity contribution in [2.75, 3.05) is 24.6 Å². The van der Waals surface area contributed by atoms with Crippen LogP contribution in [0.4, 0.5) is 11.5 Å². The summed E-state index contributed by atoms with van der Waals surface area (Å²) in [6.07, 6.45) is 0.641. The summed E-state index contributed by atoms with van der Waals surface area (Å²) in [6.45, 7) is 5.75. The van der Waals surface area contributed by atoms with Gasteiger partial charge in [0, 0.05) is 20.1 Å². The number of hydrogen-bond acceptors (Lipinski definition) is 5. The molecule has 0 bridgehead atoms. The van der Waals surface area contributed by atoms with Gasteiger partial charge >= 0.3 is 5.69 Å². The van der Waals surface area contributed by atoms with Gasteiger partial charge in [0.05, 0.1) is 17.6 Å². The SMILES string of the molecule is CCc1nn(C)c(N2CCOC(C)C2)c1[N+](=O)[O-]. The van der Waals surface area contributed by atoms with E-state index in [0.29, 0.717) is 37.6 Å². The standard InChI is InChI=1S/C11H18N4O3/c1-4-9-10(15(16)17)11(13(3)12-9)14-5-6-18-8(2)7-14/h8H,4-7H2,1-3H3. The molecule has 7 heteroatoms. The Labute approximate surface area is 105 Å². The average Bonchev–Trinajstić information content (AvgIpc) is 2.66. The zero-order chi connectivity index (χ0) is 13.3. The van der Waals surface area contributed by atoms with Crippen LogP contribution in [-0.2, 0) is 18.2 Å². The molecule has 2 rings (SSSR count). The molecule has 0 N–H and O–H groups in total. The van der Waals surface area contributed by atoms with Crippen LogP contribution in [0.1, 0.15) is 19.5 Å². The molecule has 1 aromatic rings. The highest BCUT2D eigenvalue weighted by atomic mass is 16.6. The fraction of sp³-hybridized carbons (Fsp3) is 0.727. The van der Waals surface area contributed by atoms with E-state index in [1.165, 1.54) is 0 Å². The minimum absolute atomic E-state index is 0.0818. The fourth-order valence-corrected chi connectivity index (χ4v) is 2.35. The summed E-state index contributed by atoms with van der Waals surface area (Å²) in [5, 5.41) is 15.5. The number of morpholine rings is 1. The Morgan fingerprint density at radius 1 is 1.61 bits per heavy atom. The Morgan fingerprint density at radius 3 is 2.89 bits per heavy atom. The first-order chi connectivity index (χ1) is 8.54. The van der Waals surface area contributed by atoms with Gasteiger partial charge in [-0.15, -0.1) is 0 Å². The lowest BCUT2D eigenvalue weighted by atomic mass is 10.2. The van der Waals surface area contributed by atoms with Crippen molar-refractivity contribution in [2.45, 2.75) is 26.4 Å². The van der Waals surface area contributed by atoms with E-state index in [9.17, 15) is 10.1 Å². The van der Waals surface area contributed by atoms with Gasteiger partial charge in [0.15, 0.2) is 0 Å². The van der Waals surface area contributed by atoms with Crippen molar-refractivity contribution in [2.24, 2.45) is 7.05 Å². The van der Waals surface area contributed by atoms with Gasteiger partial charge < -0.3 is 9.64 Å². The number of ether oxygens (including phenoxy) is 1. The second-order valence-corrected chi connectivity index (χ2v) is 4.48. The normalized spacial score (nSPS) is 20.2. The van der Waals surface area contributed by atoms with Crippen molar-refractivity contribution < 1.29 is 9.66 Å². The van der Waals surface area contributed by atoms with Crippen molar-refractivity contribution in [3.63, 3.8) is 0 Å². The summed E-state index contributed by atoms with van der Waals surface area (Å²) < 4.78 is 7.07. The Bertz CT molecular complexity index is 457. The van der Waals surface area contributed by atoms with E-state index in [2.05, 4.69) is 5.10 Å². The highest BCUT2D eigenvalue weighted by Gasteiger charge is 2.31. The van der Waals surface area contributed by atoms with Gasteiger partial charge in [-0.2, -0.15) is 5.10 Å². The lowest BCUT2D eigenvalue weighted by molar-refractivity contribution is -0.384. The molecular formula is C11H18N4O3. The highest BCUT2D eigenvalue weighted by molar-refractivity contribution is 5.61. The molecule has 0 aromatic carbocycles. The Kier molecular flexibility index (Phi) is 3.51. The monoisotopic (exact) mass is 254 g/mol. The van der Waals surface area contributed by atoms with Gasteiger partial charge in [-0.05, 0) is 13.3 Å². The van der Waals surface area contributed by atoms with Gasteiger partial charge in [-0.3, -0.25) is 10.1 Å². The van der Waals surface area contributed by atoms with Gasteiger partial charge in [0.25, 0.3) is 0 Å². The number of aromatic nitrogens is 2. The maximum Gasteiger partial charge on any atom is 0.334 e. The van der Waals surface area contributed by atoms with E-state index in [4.69, 9.17) is 4.74 Å². The van der Waals surface area contributed by atoms with E-state index in [1.807, 2.05) is 18.7 Å². The molecule has 1 fully saturated rings. The molecule has 0 saturated carbocycles. The van der Waals surface area contributed by atoms with Crippen molar-refractivity contribution in [3.8, 4) is 0 Å². The number of rotatable bonds is 3. The topological polar surface area (TPSA) is 73.4 Å². The quantitative estimate of drug-likeness (QED) is 0.597. The predicted octanol–water partition coefficient (Wildman–Crippen LogP) is 1.12. The van der Waals surface area contributed by atoms with Gasteiger partial charge in [0.1, 0.15) is 5.69 Å². The minimum Gasteiger partial charge on any atom is -0.375 e. The molecule has 100 valence electrons. The van der Waals surface area contributed by atoms with Gasteiger partial charge in [-0.1, -0.05) is 6.92 Å². The predicted molar refractivity (Wildman–Crippen MR) is 66.9 cm³/mol.